The lowest BCUT2D eigenvalue weighted by molar-refractivity contribution is -0.162. The van der Waals surface area contributed by atoms with E-state index >= 15 is 0 Å². The molecule has 1 nitrogen and oxygen atoms in total. The molecule has 74 valence electrons. The zero-order valence-electron chi connectivity index (χ0n) is 6.95. The van der Waals surface area contributed by atoms with Crippen molar-refractivity contribution in [2.24, 2.45) is 0 Å². The number of rotatable bonds is 2. The van der Waals surface area contributed by atoms with Gasteiger partial charge in [0, 0.05) is 11.1 Å². The minimum Gasteiger partial charge on any atom is -0.284 e. The highest BCUT2D eigenvalue weighted by Crippen LogP contribution is 2.15. The van der Waals surface area contributed by atoms with Crippen LogP contribution in [0.1, 0.15) is 0 Å². The molecular weight excluding hydrogens is 212 g/mol. The van der Waals surface area contributed by atoms with Crippen LogP contribution < -0.4 is 5.30 Å². The van der Waals surface area contributed by atoms with Crippen molar-refractivity contribution in [2.75, 3.05) is 0 Å². The van der Waals surface area contributed by atoms with Gasteiger partial charge in [-0.2, -0.15) is 13.2 Å². The lowest BCUT2D eigenvalue weighted by Crippen LogP contribution is -2.23. The maximum atomic E-state index is 11.8. The Labute approximate surface area is 80.4 Å². The number of benzene rings is 1. The number of carbonyl (C=O) groups is 1. The fraction of sp³-hybridized carbons (Fsp3) is 0.111. The molecule has 1 rings (SSSR count). The molecule has 0 bridgehead atoms. The second-order valence-electron chi connectivity index (χ2n) is 2.46. The van der Waals surface area contributed by atoms with Gasteiger partial charge in [0.15, 0.2) is 0 Å². The Morgan fingerprint density at radius 1 is 1.21 bits per heavy atom. The van der Waals surface area contributed by atoms with Crippen molar-refractivity contribution in [1.82, 2.24) is 0 Å². The van der Waals surface area contributed by atoms with Crippen LogP contribution in [0, 0.1) is 0 Å². The third-order valence-corrected chi connectivity index (χ3v) is 2.33. The molecular formula is C9H6F3OP. The highest BCUT2D eigenvalue weighted by molar-refractivity contribution is 7.49. The van der Waals surface area contributed by atoms with Crippen LogP contribution in [-0.4, -0.2) is 17.8 Å². The van der Waals surface area contributed by atoms with Crippen molar-refractivity contribution in [2.45, 2.75) is 6.18 Å². The summed E-state index contributed by atoms with van der Waals surface area (Å²) in [5.74, 6) is -1.18. The standard InChI is InChI=1S/C9H6F3OP/c10-9(11,12)8(13)6-14-7-4-2-1-3-5-7/h1-6H. The van der Waals surface area contributed by atoms with E-state index in [1.54, 1.807) is 30.3 Å². The Bertz CT molecular complexity index is 343. The summed E-state index contributed by atoms with van der Waals surface area (Å²) in [6.45, 7) is 0. The molecule has 0 fully saturated rings. The predicted octanol–water partition coefficient (Wildman–Crippen LogP) is 2.19. The molecule has 0 radical (unpaired) electrons. The van der Waals surface area contributed by atoms with Crippen molar-refractivity contribution in [3.05, 3.63) is 30.3 Å². The Balaban J connectivity index is 2.71. The molecule has 0 aliphatic rings. The average Bonchev–Trinajstić information content (AvgIpc) is 2.14. The van der Waals surface area contributed by atoms with Gasteiger partial charge >= 0.3 is 6.18 Å². The van der Waals surface area contributed by atoms with Crippen LogP contribution in [0.2, 0.25) is 0 Å². The normalized spacial score (nSPS) is 11.9. The van der Waals surface area contributed by atoms with E-state index in [-0.39, 0.29) is 8.20 Å². The number of hydrogen-bond acceptors (Lipinski definition) is 1. The fourth-order valence-electron chi connectivity index (χ4n) is 0.720. The first kappa shape index (κ1) is 10.9. The number of carbonyl (C=O) groups excluding carboxylic acids is 1. The SMILES string of the molecule is O=C(C=Pc1ccccc1)C(F)(F)F. The minimum atomic E-state index is -4.76. The molecule has 0 spiro atoms. The molecule has 0 aliphatic carbocycles. The van der Waals surface area contributed by atoms with Crippen LogP contribution in [0.3, 0.4) is 0 Å². The molecule has 1 aromatic carbocycles. The first-order valence-electron chi connectivity index (χ1n) is 3.70. The second kappa shape index (κ2) is 4.38. The maximum Gasteiger partial charge on any atom is 0.454 e. The van der Waals surface area contributed by atoms with Crippen molar-refractivity contribution >= 4 is 25.1 Å². The van der Waals surface area contributed by atoms with Gasteiger partial charge in [0.05, 0.1) is 0 Å². The Morgan fingerprint density at radius 2 is 1.79 bits per heavy atom. The summed E-state index contributed by atoms with van der Waals surface area (Å²) in [7, 11) is 0.262. The predicted molar refractivity (Wildman–Crippen MR) is 50.1 cm³/mol. The van der Waals surface area contributed by atoms with Crippen molar-refractivity contribution in [3.8, 4) is 0 Å². The monoisotopic (exact) mass is 218 g/mol. The van der Waals surface area contributed by atoms with E-state index in [2.05, 4.69) is 0 Å². The Kier molecular flexibility index (Phi) is 3.42. The average molecular weight is 218 g/mol. The van der Waals surface area contributed by atoms with Gasteiger partial charge in [0.1, 0.15) is 0 Å². The van der Waals surface area contributed by atoms with Crippen LogP contribution in [0.25, 0.3) is 0 Å². The molecule has 14 heavy (non-hydrogen) atoms. The summed E-state index contributed by atoms with van der Waals surface area (Å²) < 4.78 is 35.3. The number of Topliss-reactive ketones (excluding diaryl/α,β-unsaturated/α-hetero) is 1. The molecule has 0 unspecified atom stereocenters. The van der Waals surface area contributed by atoms with E-state index in [0.29, 0.717) is 11.1 Å². The van der Waals surface area contributed by atoms with E-state index in [9.17, 15) is 18.0 Å². The summed E-state index contributed by atoms with van der Waals surface area (Å²) in [5, 5.41) is 0.658. The largest absolute Gasteiger partial charge is 0.454 e. The molecule has 0 amide bonds. The molecule has 0 aliphatic heterocycles. The fourth-order valence-corrected chi connectivity index (χ4v) is 1.48. The molecule has 0 atom stereocenters. The summed E-state index contributed by atoms with van der Waals surface area (Å²) >= 11 is 0. The van der Waals surface area contributed by atoms with Crippen LogP contribution in [0.5, 0.6) is 0 Å². The van der Waals surface area contributed by atoms with Gasteiger partial charge in [0.2, 0.25) is 0 Å². The Morgan fingerprint density at radius 3 is 2.29 bits per heavy atom. The summed E-state index contributed by atoms with van der Waals surface area (Å²) in [5.41, 5.74) is 0. The van der Waals surface area contributed by atoms with E-state index in [4.69, 9.17) is 0 Å². The molecule has 0 saturated heterocycles. The lowest BCUT2D eigenvalue weighted by Gasteiger charge is -1.98. The van der Waals surface area contributed by atoms with Gasteiger partial charge in [-0.25, -0.2) is 0 Å². The van der Waals surface area contributed by atoms with E-state index in [0.717, 1.165) is 0 Å². The van der Waals surface area contributed by atoms with Crippen molar-refractivity contribution < 1.29 is 18.0 Å². The van der Waals surface area contributed by atoms with Gasteiger partial charge in [0.25, 0.3) is 5.78 Å². The van der Waals surface area contributed by atoms with E-state index < -0.39 is 12.0 Å². The van der Waals surface area contributed by atoms with E-state index in [1.165, 1.54) is 0 Å². The molecule has 0 heterocycles. The van der Waals surface area contributed by atoms with Crippen molar-refractivity contribution in [3.63, 3.8) is 0 Å². The van der Waals surface area contributed by atoms with Crippen LogP contribution in [0.4, 0.5) is 13.2 Å². The van der Waals surface area contributed by atoms with Crippen LogP contribution in [-0.2, 0) is 4.79 Å². The molecule has 1 aromatic rings. The molecule has 0 saturated carbocycles. The number of alkyl halides is 3. The first-order chi connectivity index (χ1) is 6.50. The quantitative estimate of drug-likeness (QED) is 0.695. The number of hydrogen-bond donors (Lipinski definition) is 0. The minimum absolute atomic E-state index is 0.262. The topological polar surface area (TPSA) is 17.1 Å². The second-order valence-corrected chi connectivity index (χ2v) is 3.49. The number of ketones is 1. The van der Waals surface area contributed by atoms with Gasteiger partial charge in [-0.3, -0.25) is 4.79 Å². The molecule has 0 N–H and O–H groups in total. The Hall–Kier alpha value is -1.15. The summed E-state index contributed by atoms with van der Waals surface area (Å²) in [6.07, 6.45) is -4.76. The van der Waals surface area contributed by atoms with Crippen molar-refractivity contribution in [1.29, 1.82) is 0 Å². The third kappa shape index (κ3) is 3.30. The zero-order valence-corrected chi connectivity index (χ0v) is 7.85. The van der Waals surface area contributed by atoms with Gasteiger partial charge in [-0.05, 0) is 0 Å². The first-order valence-corrected chi connectivity index (χ1v) is 4.67. The third-order valence-electron chi connectivity index (χ3n) is 1.37. The van der Waals surface area contributed by atoms with Crippen LogP contribution in [0.15, 0.2) is 30.3 Å². The zero-order chi connectivity index (χ0) is 10.6. The summed E-state index contributed by atoms with van der Waals surface area (Å²) in [4.78, 5) is 10.5. The lowest BCUT2D eigenvalue weighted by atomic mass is 10.4. The molecule has 0 aromatic heterocycles. The number of halogens is 3. The van der Waals surface area contributed by atoms with Gasteiger partial charge in [-0.15, -0.1) is 0 Å². The van der Waals surface area contributed by atoms with E-state index in [1.807, 2.05) is 0 Å². The highest BCUT2D eigenvalue weighted by Gasteiger charge is 2.36. The van der Waals surface area contributed by atoms with Crippen LogP contribution >= 0.6 is 8.20 Å². The maximum absolute atomic E-state index is 11.8. The smallest absolute Gasteiger partial charge is 0.284 e. The molecule has 5 heteroatoms. The van der Waals surface area contributed by atoms with Gasteiger partial charge < -0.3 is 0 Å². The van der Waals surface area contributed by atoms with Gasteiger partial charge in [-0.1, -0.05) is 38.5 Å². The highest BCUT2D eigenvalue weighted by atomic mass is 31.1. The summed E-state index contributed by atoms with van der Waals surface area (Å²) in [6, 6.07) is 8.47.